The first-order valence-corrected chi connectivity index (χ1v) is 6.59. The minimum absolute atomic E-state index is 0.142. The van der Waals surface area contributed by atoms with Crippen molar-refractivity contribution in [2.75, 3.05) is 6.61 Å². The van der Waals surface area contributed by atoms with Gasteiger partial charge in [-0.3, -0.25) is 0 Å². The van der Waals surface area contributed by atoms with Gasteiger partial charge in [0.2, 0.25) is 0 Å². The number of ether oxygens (including phenoxy) is 1. The SMILES string of the molecule is N#Cc1ccc(Oc2ccc(CCO)cc2)cc1Br. The zero-order valence-corrected chi connectivity index (χ0v) is 11.7. The van der Waals surface area contributed by atoms with E-state index in [2.05, 4.69) is 22.0 Å². The van der Waals surface area contributed by atoms with E-state index in [1.165, 1.54) is 0 Å². The number of aliphatic hydroxyl groups excluding tert-OH is 1. The van der Waals surface area contributed by atoms with Gasteiger partial charge in [0.25, 0.3) is 0 Å². The molecule has 0 aliphatic heterocycles. The molecule has 0 radical (unpaired) electrons. The fourth-order valence-electron chi connectivity index (χ4n) is 1.64. The third kappa shape index (κ3) is 3.57. The van der Waals surface area contributed by atoms with Crippen molar-refractivity contribution in [1.82, 2.24) is 0 Å². The summed E-state index contributed by atoms with van der Waals surface area (Å²) in [6, 6.07) is 14.9. The first-order valence-electron chi connectivity index (χ1n) is 5.80. The molecule has 0 unspecified atom stereocenters. The molecule has 0 bridgehead atoms. The summed E-state index contributed by atoms with van der Waals surface area (Å²) in [6.07, 6.45) is 0.642. The highest BCUT2D eigenvalue weighted by Gasteiger charge is 2.03. The molecule has 3 nitrogen and oxygen atoms in total. The van der Waals surface area contributed by atoms with Crippen LogP contribution in [0.4, 0.5) is 0 Å². The normalized spacial score (nSPS) is 9.95. The van der Waals surface area contributed by atoms with Crippen molar-refractivity contribution in [3.8, 4) is 17.6 Å². The van der Waals surface area contributed by atoms with Crippen LogP contribution in [0, 0.1) is 11.3 Å². The molecule has 96 valence electrons. The molecule has 2 aromatic carbocycles. The fraction of sp³-hybridized carbons (Fsp3) is 0.133. The maximum atomic E-state index is 8.84. The Labute approximate surface area is 120 Å². The van der Waals surface area contributed by atoms with E-state index in [9.17, 15) is 0 Å². The molecule has 0 atom stereocenters. The van der Waals surface area contributed by atoms with Gasteiger partial charge in [-0.05, 0) is 58.2 Å². The van der Waals surface area contributed by atoms with Crippen LogP contribution in [0.1, 0.15) is 11.1 Å². The second-order valence-electron chi connectivity index (χ2n) is 3.97. The Morgan fingerprint density at radius 2 is 1.79 bits per heavy atom. The number of benzene rings is 2. The second kappa shape index (κ2) is 6.37. The van der Waals surface area contributed by atoms with E-state index in [1.807, 2.05) is 24.3 Å². The Morgan fingerprint density at radius 3 is 2.37 bits per heavy atom. The van der Waals surface area contributed by atoms with Crippen molar-refractivity contribution in [2.24, 2.45) is 0 Å². The third-order valence-corrected chi connectivity index (χ3v) is 3.28. The molecule has 0 heterocycles. The Bertz CT molecular complexity index is 603. The third-order valence-electron chi connectivity index (χ3n) is 2.62. The predicted octanol–water partition coefficient (Wildman–Crippen LogP) is 3.65. The fourth-order valence-corrected chi connectivity index (χ4v) is 2.09. The van der Waals surface area contributed by atoms with Crippen molar-refractivity contribution in [1.29, 1.82) is 5.26 Å². The second-order valence-corrected chi connectivity index (χ2v) is 4.83. The van der Waals surface area contributed by atoms with Crippen LogP contribution < -0.4 is 4.74 Å². The molecule has 19 heavy (non-hydrogen) atoms. The lowest BCUT2D eigenvalue weighted by Crippen LogP contribution is -1.90. The number of nitrogens with zero attached hydrogens (tertiary/aromatic N) is 1. The van der Waals surface area contributed by atoms with Crippen molar-refractivity contribution in [3.63, 3.8) is 0 Å². The summed E-state index contributed by atoms with van der Waals surface area (Å²) in [5.41, 5.74) is 1.64. The van der Waals surface area contributed by atoms with Crippen molar-refractivity contribution < 1.29 is 9.84 Å². The summed E-state index contributed by atoms with van der Waals surface area (Å²) in [4.78, 5) is 0. The highest BCUT2D eigenvalue weighted by molar-refractivity contribution is 9.10. The van der Waals surface area contributed by atoms with Gasteiger partial charge in [0.05, 0.1) is 5.56 Å². The molecule has 0 saturated carbocycles. The van der Waals surface area contributed by atoms with Crippen molar-refractivity contribution in [3.05, 3.63) is 58.1 Å². The number of hydrogen-bond acceptors (Lipinski definition) is 3. The molecule has 0 amide bonds. The molecule has 0 aliphatic carbocycles. The van der Waals surface area contributed by atoms with E-state index >= 15 is 0 Å². The van der Waals surface area contributed by atoms with E-state index < -0.39 is 0 Å². The number of nitriles is 1. The summed E-state index contributed by atoms with van der Waals surface area (Å²) < 4.78 is 6.40. The Morgan fingerprint density at radius 1 is 1.11 bits per heavy atom. The Kier molecular flexibility index (Phi) is 4.56. The van der Waals surface area contributed by atoms with Gasteiger partial charge in [-0.1, -0.05) is 12.1 Å². The molecule has 4 heteroatoms. The predicted molar refractivity (Wildman–Crippen MR) is 76.2 cm³/mol. The zero-order chi connectivity index (χ0) is 13.7. The van der Waals surface area contributed by atoms with Crippen LogP contribution in [0.3, 0.4) is 0 Å². The monoisotopic (exact) mass is 317 g/mol. The highest BCUT2D eigenvalue weighted by Crippen LogP contribution is 2.27. The largest absolute Gasteiger partial charge is 0.457 e. The van der Waals surface area contributed by atoms with E-state index in [-0.39, 0.29) is 6.61 Å². The lowest BCUT2D eigenvalue weighted by molar-refractivity contribution is 0.299. The van der Waals surface area contributed by atoms with Gasteiger partial charge in [0.15, 0.2) is 0 Å². The van der Waals surface area contributed by atoms with Gasteiger partial charge in [-0.2, -0.15) is 5.26 Å². The molecule has 2 rings (SSSR count). The zero-order valence-electron chi connectivity index (χ0n) is 10.1. The Hall–Kier alpha value is -1.83. The maximum absolute atomic E-state index is 8.84. The van der Waals surface area contributed by atoms with Crippen LogP contribution in [0.2, 0.25) is 0 Å². The standard InChI is InChI=1S/C15H12BrNO2/c16-15-9-14(6-3-12(15)10-17)19-13-4-1-11(2-5-13)7-8-18/h1-6,9,18H,7-8H2. The van der Waals surface area contributed by atoms with Crippen LogP contribution in [0.5, 0.6) is 11.5 Å². The van der Waals surface area contributed by atoms with Gasteiger partial charge < -0.3 is 9.84 Å². The van der Waals surface area contributed by atoms with E-state index in [4.69, 9.17) is 15.1 Å². The average Bonchev–Trinajstić information content (AvgIpc) is 2.42. The molecule has 0 spiro atoms. The molecule has 1 N–H and O–H groups in total. The number of hydrogen-bond donors (Lipinski definition) is 1. The van der Waals surface area contributed by atoms with Crippen molar-refractivity contribution in [2.45, 2.75) is 6.42 Å². The van der Waals surface area contributed by atoms with Crippen LogP contribution in [-0.2, 0) is 6.42 Å². The summed E-state index contributed by atoms with van der Waals surface area (Å²) in [5, 5.41) is 17.7. The van der Waals surface area contributed by atoms with E-state index in [0.717, 1.165) is 11.3 Å². The van der Waals surface area contributed by atoms with Gasteiger partial charge in [-0.25, -0.2) is 0 Å². The Balaban J connectivity index is 2.13. The minimum Gasteiger partial charge on any atom is -0.457 e. The molecule has 0 saturated heterocycles. The molecule has 0 aliphatic rings. The number of halogens is 1. The molecular formula is C15H12BrNO2. The van der Waals surface area contributed by atoms with Gasteiger partial charge in [0.1, 0.15) is 17.6 Å². The summed E-state index contributed by atoms with van der Waals surface area (Å²) in [5.74, 6) is 1.39. The van der Waals surface area contributed by atoms with Crippen LogP contribution >= 0.6 is 15.9 Å². The quantitative estimate of drug-likeness (QED) is 0.936. The van der Waals surface area contributed by atoms with Crippen LogP contribution in [0.25, 0.3) is 0 Å². The first kappa shape index (κ1) is 13.6. The van der Waals surface area contributed by atoms with Gasteiger partial charge >= 0.3 is 0 Å². The molecule has 0 aromatic heterocycles. The topological polar surface area (TPSA) is 53.2 Å². The van der Waals surface area contributed by atoms with E-state index in [0.29, 0.717) is 22.2 Å². The van der Waals surface area contributed by atoms with Gasteiger partial charge in [0, 0.05) is 11.1 Å². The summed E-state index contributed by atoms with van der Waals surface area (Å²) >= 11 is 3.32. The summed E-state index contributed by atoms with van der Waals surface area (Å²) in [7, 11) is 0. The lowest BCUT2D eigenvalue weighted by Gasteiger charge is -2.07. The first-order chi connectivity index (χ1) is 9.22. The van der Waals surface area contributed by atoms with Crippen LogP contribution in [0.15, 0.2) is 46.9 Å². The molecule has 2 aromatic rings. The molecule has 0 fully saturated rings. The highest BCUT2D eigenvalue weighted by atomic mass is 79.9. The average molecular weight is 318 g/mol. The number of rotatable bonds is 4. The van der Waals surface area contributed by atoms with E-state index in [1.54, 1.807) is 18.2 Å². The summed E-state index contributed by atoms with van der Waals surface area (Å²) in [6.45, 7) is 0.142. The molecular weight excluding hydrogens is 306 g/mol. The van der Waals surface area contributed by atoms with Crippen LogP contribution in [-0.4, -0.2) is 11.7 Å². The maximum Gasteiger partial charge on any atom is 0.128 e. The number of aliphatic hydroxyl groups is 1. The van der Waals surface area contributed by atoms with Crippen molar-refractivity contribution >= 4 is 15.9 Å². The smallest absolute Gasteiger partial charge is 0.128 e. The minimum atomic E-state index is 0.142. The lowest BCUT2D eigenvalue weighted by atomic mass is 10.1. The van der Waals surface area contributed by atoms with Gasteiger partial charge in [-0.15, -0.1) is 0 Å².